The van der Waals surface area contributed by atoms with E-state index in [4.69, 9.17) is 5.11 Å². The van der Waals surface area contributed by atoms with Gasteiger partial charge in [0.25, 0.3) is 5.91 Å². The second-order valence-electron chi connectivity index (χ2n) is 3.70. The average molecular weight is 223 g/mol. The summed E-state index contributed by atoms with van der Waals surface area (Å²) in [4.78, 5) is 11.6. The Kier molecular flexibility index (Phi) is 4.79. The summed E-state index contributed by atoms with van der Waals surface area (Å²) in [5.74, 6) is -0.113. The Bertz CT molecular complexity index is 335. The lowest BCUT2D eigenvalue weighted by molar-refractivity contribution is 0.0910. The van der Waals surface area contributed by atoms with Gasteiger partial charge < -0.3 is 15.5 Å². The number of hydrogen-bond donors (Lipinski definition) is 3. The second-order valence-corrected chi connectivity index (χ2v) is 3.70. The van der Waals surface area contributed by atoms with Crippen molar-refractivity contribution in [2.45, 2.75) is 25.9 Å². The van der Waals surface area contributed by atoms with Crippen molar-refractivity contribution in [3.8, 4) is 5.75 Å². The van der Waals surface area contributed by atoms with Gasteiger partial charge in [0.2, 0.25) is 0 Å². The quantitative estimate of drug-likeness (QED) is 0.704. The molecule has 4 nitrogen and oxygen atoms in total. The molecule has 1 rings (SSSR count). The summed E-state index contributed by atoms with van der Waals surface area (Å²) in [6.45, 7) is 2.23. The summed E-state index contributed by atoms with van der Waals surface area (Å²) >= 11 is 0. The van der Waals surface area contributed by atoms with Gasteiger partial charge in [-0.05, 0) is 30.7 Å². The largest absolute Gasteiger partial charge is 0.508 e. The van der Waals surface area contributed by atoms with Crippen molar-refractivity contribution in [3.63, 3.8) is 0 Å². The van der Waals surface area contributed by atoms with Gasteiger partial charge in [-0.25, -0.2) is 0 Å². The van der Waals surface area contributed by atoms with E-state index in [-0.39, 0.29) is 18.2 Å². The molecule has 0 saturated carbocycles. The molecule has 1 aromatic carbocycles. The fourth-order valence-corrected chi connectivity index (χ4v) is 1.36. The molecule has 0 fully saturated rings. The van der Waals surface area contributed by atoms with Gasteiger partial charge in [-0.3, -0.25) is 4.79 Å². The highest BCUT2D eigenvalue weighted by molar-refractivity contribution is 5.94. The molecule has 88 valence electrons. The van der Waals surface area contributed by atoms with Crippen LogP contribution in [0.5, 0.6) is 5.75 Å². The summed E-state index contributed by atoms with van der Waals surface area (Å²) < 4.78 is 0. The number of nitrogens with one attached hydrogen (secondary N) is 1. The summed E-state index contributed by atoms with van der Waals surface area (Å²) in [5.41, 5.74) is 0.474. The fourth-order valence-electron chi connectivity index (χ4n) is 1.36. The van der Waals surface area contributed by atoms with E-state index in [1.807, 2.05) is 6.92 Å². The molecule has 0 heterocycles. The van der Waals surface area contributed by atoms with Gasteiger partial charge in [-0.2, -0.15) is 0 Å². The van der Waals surface area contributed by atoms with Crippen LogP contribution in [0.3, 0.4) is 0 Å². The van der Waals surface area contributed by atoms with E-state index in [1.165, 1.54) is 24.3 Å². The van der Waals surface area contributed by atoms with Crippen molar-refractivity contribution >= 4 is 5.91 Å². The van der Waals surface area contributed by atoms with Crippen LogP contribution in [0.2, 0.25) is 0 Å². The molecule has 0 aliphatic rings. The van der Waals surface area contributed by atoms with Gasteiger partial charge in [0.05, 0.1) is 6.10 Å². The highest BCUT2D eigenvalue weighted by atomic mass is 16.3. The van der Waals surface area contributed by atoms with Crippen molar-refractivity contribution < 1.29 is 15.0 Å². The number of phenolic OH excluding ortho intramolecular Hbond substituents is 1. The molecule has 4 heteroatoms. The van der Waals surface area contributed by atoms with E-state index < -0.39 is 6.10 Å². The van der Waals surface area contributed by atoms with Crippen molar-refractivity contribution in [1.29, 1.82) is 0 Å². The van der Waals surface area contributed by atoms with Crippen LogP contribution in [-0.4, -0.2) is 28.8 Å². The number of rotatable bonds is 5. The lowest BCUT2D eigenvalue weighted by Crippen LogP contribution is -2.31. The zero-order chi connectivity index (χ0) is 12.0. The number of carbonyl (C=O) groups is 1. The van der Waals surface area contributed by atoms with Crippen LogP contribution in [0.4, 0.5) is 0 Å². The summed E-state index contributed by atoms with van der Waals surface area (Å²) in [5, 5.41) is 21.1. The molecule has 16 heavy (non-hydrogen) atoms. The van der Waals surface area contributed by atoms with Crippen LogP contribution >= 0.6 is 0 Å². The van der Waals surface area contributed by atoms with Gasteiger partial charge in [0.1, 0.15) is 5.75 Å². The van der Waals surface area contributed by atoms with Crippen LogP contribution in [-0.2, 0) is 0 Å². The van der Waals surface area contributed by atoms with E-state index in [9.17, 15) is 9.90 Å². The van der Waals surface area contributed by atoms with Gasteiger partial charge in [-0.15, -0.1) is 0 Å². The van der Waals surface area contributed by atoms with Crippen molar-refractivity contribution in [2.24, 2.45) is 0 Å². The first-order chi connectivity index (χ1) is 7.63. The maximum Gasteiger partial charge on any atom is 0.251 e. The predicted molar refractivity (Wildman–Crippen MR) is 61.4 cm³/mol. The Morgan fingerprint density at radius 1 is 1.38 bits per heavy atom. The first-order valence-corrected chi connectivity index (χ1v) is 5.38. The van der Waals surface area contributed by atoms with Crippen LogP contribution in [0, 0.1) is 0 Å². The number of aliphatic hydroxyl groups excluding tert-OH is 1. The molecule has 0 aliphatic carbocycles. The standard InChI is InChI=1S/C12H17NO3/c1-2-3-11(15)8-13-12(16)9-4-6-10(14)7-5-9/h4-7,11,14-15H,2-3,8H2,1H3,(H,13,16). The normalized spacial score (nSPS) is 12.1. The summed E-state index contributed by atoms with van der Waals surface area (Å²) in [6.07, 6.45) is 1.07. The fraction of sp³-hybridized carbons (Fsp3) is 0.417. The van der Waals surface area contributed by atoms with Crippen molar-refractivity contribution in [2.75, 3.05) is 6.54 Å². The predicted octanol–water partition coefficient (Wildman–Crippen LogP) is 1.28. The van der Waals surface area contributed by atoms with E-state index in [2.05, 4.69) is 5.32 Å². The smallest absolute Gasteiger partial charge is 0.251 e. The number of amides is 1. The third-order valence-electron chi connectivity index (χ3n) is 2.25. The van der Waals surface area contributed by atoms with Gasteiger partial charge >= 0.3 is 0 Å². The monoisotopic (exact) mass is 223 g/mol. The number of aliphatic hydroxyl groups is 1. The van der Waals surface area contributed by atoms with Crippen LogP contribution in [0.25, 0.3) is 0 Å². The number of aromatic hydroxyl groups is 1. The number of hydrogen-bond acceptors (Lipinski definition) is 3. The average Bonchev–Trinajstić information content (AvgIpc) is 2.27. The Balaban J connectivity index is 2.43. The van der Waals surface area contributed by atoms with Crippen LogP contribution in [0.15, 0.2) is 24.3 Å². The molecule has 0 radical (unpaired) electrons. The molecule has 0 aromatic heterocycles. The number of phenols is 1. The van der Waals surface area contributed by atoms with E-state index in [1.54, 1.807) is 0 Å². The molecule has 0 spiro atoms. The van der Waals surface area contributed by atoms with Gasteiger partial charge in [0.15, 0.2) is 0 Å². The Hall–Kier alpha value is -1.55. The zero-order valence-corrected chi connectivity index (χ0v) is 9.31. The third kappa shape index (κ3) is 3.90. The molecule has 0 saturated heterocycles. The SMILES string of the molecule is CCCC(O)CNC(=O)c1ccc(O)cc1. The second kappa shape index (κ2) is 6.12. The first kappa shape index (κ1) is 12.5. The summed E-state index contributed by atoms with van der Waals surface area (Å²) in [6, 6.07) is 5.99. The maximum absolute atomic E-state index is 11.6. The molecular weight excluding hydrogens is 206 g/mol. The first-order valence-electron chi connectivity index (χ1n) is 5.38. The van der Waals surface area contributed by atoms with Crippen LogP contribution in [0.1, 0.15) is 30.1 Å². The van der Waals surface area contributed by atoms with Crippen molar-refractivity contribution in [3.05, 3.63) is 29.8 Å². The van der Waals surface area contributed by atoms with Crippen molar-refractivity contribution in [1.82, 2.24) is 5.32 Å². The molecule has 1 unspecified atom stereocenters. The summed E-state index contributed by atoms with van der Waals surface area (Å²) in [7, 11) is 0. The molecule has 1 aromatic rings. The zero-order valence-electron chi connectivity index (χ0n) is 9.31. The van der Waals surface area contributed by atoms with Gasteiger partial charge in [0, 0.05) is 12.1 Å². The number of benzene rings is 1. The lowest BCUT2D eigenvalue weighted by atomic mass is 10.2. The highest BCUT2D eigenvalue weighted by Crippen LogP contribution is 2.09. The minimum Gasteiger partial charge on any atom is -0.508 e. The maximum atomic E-state index is 11.6. The Labute approximate surface area is 94.9 Å². The Morgan fingerprint density at radius 3 is 2.56 bits per heavy atom. The molecule has 1 atom stereocenters. The number of carbonyl (C=O) groups excluding carboxylic acids is 1. The molecular formula is C12H17NO3. The van der Waals surface area contributed by atoms with Crippen LogP contribution < -0.4 is 5.32 Å². The van der Waals surface area contributed by atoms with E-state index >= 15 is 0 Å². The molecule has 0 bridgehead atoms. The van der Waals surface area contributed by atoms with E-state index in [0.717, 1.165) is 6.42 Å². The van der Waals surface area contributed by atoms with E-state index in [0.29, 0.717) is 12.0 Å². The minimum atomic E-state index is -0.494. The third-order valence-corrected chi connectivity index (χ3v) is 2.25. The Morgan fingerprint density at radius 2 is 2.00 bits per heavy atom. The van der Waals surface area contributed by atoms with Gasteiger partial charge in [-0.1, -0.05) is 13.3 Å². The molecule has 3 N–H and O–H groups in total. The topological polar surface area (TPSA) is 69.6 Å². The molecule has 0 aliphatic heterocycles. The lowest BCUT2D eigenvalue weighted by Gasteiger charge is -2.10. The highest BCUT2D eigenvalue weighted by Gasteiger charge is 2.07. The molecule has 1 amide bonds. The minimum absolute atomic E-state index is 0.127.